The zero-order valence-corrected chi connectivity index (χ0v) is 16.8. The fourth-order valence-electron chi connectivity index (χ4n) is 3.26. The number of carbonyl (C=O) groups is 1. The van der Waals surface area contributed by atoms with E-state index in [1.807, 2.05) is 30.3 Å². The maximum absolute atomic E-state index is 12.0. The second kappa shape index (κ2) is 10.8. The van der Waals surface area contributed by atoms with Crippen LogP contribution in [0.15, 0.2) is 54.6 Å². The number of ether oxygens (including phenoxy) is 1. The highest BCUT2D eigenvalue weighted by Gasteiger charge is 2.13. The molecule has 3 rings (SSSR count). The third kappa shape index (κ3) is 6.98. The van der Waals surface area contributed by atoms with E-state index in [-0.39, 0.29) is 5.91 Å². The number of amides is 1. The summed E-state index contributed by atoms with van der Waals surface area (Å²) in [4.78, 5) is 16.9. The van der Waals surface area contributed by atoms with Gasteiger partial charge >= 0.3 is 0 Å². The molecule has 150 valence electrons. The van der Waals surface area contributed by atoms with Crippen molar-refractivity contribution < 1.29 is 9.53 Å². The molecular formula is C23H31N3O2. The molecule has 0 spiro atoms. The molecule has 1 fully saturated rings. The summed E-state index contributed by atoms with van der Waals surface area (Å²) in [6, 6.07) is 18.3. The predicted octanol–water partition coefficient (Wildman–Crippen LogP) is 2.91. The SMILES string of the molecule is CN1CCN(Cc2ccc(CNC(=O)CCCOc3ccccc3)cc2)CC1. The van der Waals surface area contributed by atoms with Crippen LogP contribution in [0.5, 0.6) is 5.75 Å². The zero-order valence-electron chi connectivity index (χ0n) is 16.8. The van der Waals surface area contributed by atoms with E-state index in [1.165, 1.54) is 5.56 Å². The van der Waals surface area contributed by atoms with Crippen LogP contribution in [0.2, 0.25) is 0 Å². The van der Waals surface area contributed by atoms with Crippen LogP contribution in [0.1, 0.15) is 24.0 Å². The summed E-state index contributed by atoms with van der Waals surface area (Å²) in [5.41, 5.74) is 2.47. The van der Waals surface area contributed by atoms with Crippen molar-refractivity contribution in [3.8, 4) is 5.75 Å². The number of carbonyl (C=O) groups excluding carboxylic acids is 1. The normalized spacial score (nSPS) is 15.3. The molecule has 1 heterocycles. The monoisotopic (exact) mass is 381 g/mol. The number of benzene rings is 2. The van der Waals surface area contributed by atoms with Gasteiger partial charge in [0.25, 0.3) is 0 Å². The minimum atomic E-state index is 0.0678. The predicted molar refractivity (Wildman–Crippen MR) is 112 cm³/mol. The summed E-state index contributed by atoms with van der Waals surface area (Å²) in [5, 5.41) is 2.99. The average Bonchev–Trinajstić information content (AvgIpc) is 2.73. The van der Waals surface area contributed by atoms with Crippen molar-refractivity contribution in [2.24, 2.45) is 0 Å². The molecule has 0 bridgehead atoms. The number of para-hydroxylation sites is 1. The molecule has 0 saturated carbocycles. The maximum Gasteiger partial charge on any atom is 0.220 e. The third-order valence-corrected chi connectivity index (χ3v) is 5.07. The van der Waals surface area contributed by atoms with Crippen LogP contribution in [0.3, 0.4) is 0 Å². The molecule has 5 nitrogen and oxygen atoms in total. The van der Waals surface area contributed by atoms with Gasteiger partial charge in [0.05, 0.1) is 6.61 Å². The lowest BCUT2D eigenvalue weighted by Gasteiger charge is -2.32. The van der Waals surface area contributed by atoms with Crippen molar-refractivity contribution in [3.63, 3.8) is 0 Å². The van der Waals surface area contributed by atoms with Crippen LogP contribution in [0.4, 0.5) is 0 Å². The summed E-state index contributed by atoms with van der Waals surface area (Å²) in [7, 11) is 2.18. The average molecular weight is 382 g/mol. The molecule has 1 aliphatic rings. The molecule has 2 aromatic carbocycles. The molecule has 1 N–H and O–H groups in total. The Kier molecular flexibility index (Phi) is 7.88. The van der Waals surface area contributed by atoms with E-state index in [0.29, 0.717) is 26.0 Å². The Morgan fingerprint density at radius 2 is 1.64 bits per heavy atom. The number of hydrogen-bond donors (Lipinski definition) is 1. The number of piperazine rings is 1. The second-order valence-electron chi connectivity index (χ2n) is 7.44. The van der Waals surface area contributed by atoms with E-state index in [9.17, 15) is 4.79 Å². The smallest absolute Gasteiger partial charge is 0.220 e. The largest absolute Gasteiger partial charge is 0.494 e. The van der Waals surface area contributed by atoms with Gasteiger partial charge < -0.3 is 15.0 Å². The number of nitrogens with one attached hydrogen (secondary N) is 1. The van der Waals surface area contributed by atoms with Crippen LogP contribution in [0.25, 0.3) is 0 Å². The first-order chi connectivity index (χ1) is 13.7. The van der Waals surface area contributed by atoms with Gasteiger partial charge in [-0.15, -0.1) is 0 Å². The molecule has 0 unspecified atom stereocenters. The molecule has 1 saturated heterocycles. The van der Waals surface area contributed by atoms with Crippen LogP contribution in [-0.2, 0) is 17.9 Å². The Bertz CT molecular complexity index is 710. The summed E-state index contributed by atoms with van der Waals surface area (Å²) in [6.45, 7) is 6.67. The van der Waals surface area contributed by atoms with Crippen molar-refractivity contribution in [2.75, 3.05) is 39.8 Å². The second-order valence-corrected chi connectivity index (χ2v) is 7.44. The lowest BCUT2D eigenvalue weighted by atomic mass is 10.1. The van der Waals surface area contributed by atoms with Gasteiger partial charge in [0.1, 0.15) is 5.75 Å². The summed E-state index contributed by atoms with van der Waals surface area (Å²) >= 11 is 0. The zero-order chi connectivity index (χ0) is 19.6. The topological polar surface area (TPSA) is 44.8 Å². The molecule has 0 aromatic heterocycles. The van der Waals surface area contributed by atoms with Crippen molar-refractivity contribution in [1.29, 1.82) is 0 Å². The molecular weight excluding hydrogens is 350 g/mol. The Hall–Kier alpha value is -2.37. The van der Waals surface area contributed by atoms with Crippen molar-refractivity contribution in [2.45, 2.75) is 25.9 Å². The summed E-state index contributed by atoms with van der Waals surface area (Å²) in [6.07, 6.45) is 1.19. The minimum absolute atomic E-state index is 0.0678. The van der Waals surface area contributed by atoms with Gasteiger partial charge in [0, 0.05) is 45.7 Å². The van der Waals surface area contributed by atoms with Crippen LogP contribution < -0.4 is 10.1 Å². The van der Waals surface area contributed by atoms with E-state index in [1.54, 1.807) is 0 Å². The highest BCUT2D eigenvalue weighted by molar-refractivity contribution is 5.75. The van der Waals surface area contributed by atoms with E-state index in [4.69, 9.17) is 4.74 Å². The standard InChI is InChI=1S/C23H31N3O2/c1-25-13-15-26(16-14-25)19-21-11-9-20(10-12-21)18-24-23(27)8-5-17-28-22-6-3-2-4-7-22/h2-4,6-7,9-12H,5,8,13-19H2,1H3,(H,24,27). The first-order valence-electron chi connectivity index (χ1n) is 10.1. The van der Waals surface area contributed by atoms with Gasteiger partial charge in [0.15, 0.2) is 0 Å². The molecule has 0 atom stereocenters. The maximum atomic E-state index is 12.0. The molecule has 1 amide bonds. The van der Waals surface area contributed by atoms with E-state index in [2.05, 4.69) is 46.4 Å². The number of likely N-dealkylation sites (N-methyl/N-ethyl adjacent to an activating group) is 1. The van der Waals surface area contributed by atoms with E-state index in [0.717, 1.165) is 44.0 Å². The van der Waals surface area contributed by atoms with E-state index >= 15 is 0 Å². The molecule has 2 aromatic rings. The van der Waals surface area contributed by atoms with E-state index < -0.39 is 0 Å². The van der Waals surface area contributed by atoms with Gasteiger partial charge in [-0.25, -0.2) is 0 Å². The fourth-order valence-corrected chi connectivity index (χ4v) is 3.26. The summed E-state index contributed by atoms with van der Waals surface area (Å²) in [5.74, 6) is 0.915. The lowest BCUT2D eigenvalue weighted by molar-refractivity contribution is -0.121. The Morgan fingerprint density at radius 3 is 2.36 bits per heavy atom. The van der Waals surface area contributed by atoms with Crippen LogP contribution in [-0.4, -0.2) is 55.5 Å². The Balaban J connectivity index is 1.31. The van der Waals surface area contributed by atoms with Crippen molar-refractivity contribution >= 4 is 5.91 Å². The van der Waals surface area contributed by atoms with Gasteiger partial charge in [-0.3, -0.25) is 9.69 Å². The van der Waals surface area contributed by atoms with Gasteiger partial charge in [-0.2, -0.15) is 0 Å². The van der Waals surface area contributed by atoms with Gasteiger partial charge in [-0.1, -0.05) is 42.5 Å². The minimum Gasteiger partial charge on any atom is -0.494 e. The molecule has 5 heteroatoms. The number of hydrogen-bond acceptors (Lipinski definition) is 4. The Morgan fingerprint density at radius 1 is 0.964 bits per heavy atom. The summed E-state index contributed by atoms with van der Waals surface area (Å²) < 4.78 is 5.61. The Labute approximate surface area is 168 Å². The number of nitrogens with zero attached hydrogens (tertiary/aromatic N) is 2. The third-order valence-electron chi connectivity index (χ3n) is 5.07. The molecule has 0 aliphatic carbocycles. The highest BCUT2D eigenvalue weighted by Crippen LogP contribution is 2.10. The lowest BCUT2D eigenvalue weighted by Crippen LogP contribution is -2.43. The molecule has 1 aliphatic heterocycles. The quantitative estimate of drug-likeness (QED) is 0.679. The first kappa shape index (κ1) is 20.4. The van der Waals surface area contributed by atoms with Crippen LogP contribution >= 0.6 is 0 Å². The molecule has 0 radical (unpaired) electrons. The highest BCUT2D eigenvalue weighted by atomic mass is 16.5. The number of rotatable bonds is 9. The van der Waals surface area contributed by atoms with Gasteiger partial charge in [-0.05, 0) is 36.7 Å². The fraction of sp³-hybridized carbons (Fsp3) is 0.435. The molecule has 28 heavy (non-hydrogen) atoms. The van der Waals surface area contributed by atoms with Crippen LogP contribution in [0, 0.1) is 0 Å². The van der Waals surface area contributed by atoms with Gasteiger partial charge in [0.2, 0.25) is 5.91 Å². The van der Waals surface area contributed by atoms with Crippen molar-refractivity contribution in [3.05, 3.63) is 65.7 Å². The van der Waals surface area contributed by atoms with Crippen molar-refractivity contribution in [1.82, 2.24) is 15.1 Å². The first-order valence-corrected chi connectivity index (χ1v) is 10.1.